The normalized spacial score (nSPS) is 15.6. The van der Waals surface area contributed by atoms with Crippen LogP contribution in [0.4, 0.5) is 11.4 Å². The molecule has 0 saturated heterocycles. The van der Waals surface area contributed by atoms with Gasteiger partial charge < -0.3 is 5.11 Å². The number of anilines is 2. The topological polar surface area (TPSA) is 57.6 Å². The molecule has 0 aliphatic carbocycles. The third-order valence-corrected chi connectivity index (χ3v) is 4.37. The largest absolute Gasteiger partial charge is 0.481 e. The molecule has 0 atom stereocenters. The molecule has 3 rings (SSSR count). The van der Waals surface area contributed by atoms with Crippen molar-refractivity contribution in [2.24, 2.45) is 0 Å². The van der Waals surface area contributed by atoms with Gasteiger partial charge in [0.25, 0.3) is 0 Å². The number of aliphatic carboxylic acids is 1. The minimum Gasteiger partial charge on any atom is -0.481 e. The molecule has 0 fully saturated rings. The van der Waals surface area contributed by atoms with Crippen molar-refractivity contribution in [2.75, 3.05) is 4.90 Å². The highest BCUT2D eigenvalue weighted by Crippen LogP contribution is 2.46. The second-order valence-corrected chi connectivity index (χ2v) is 6.60. The molecule has 4 nitrogen and oxygen atoms in total. The van der Waals surface area contributed by atoms with E-state index in [0.29, 0.717) is 16.3 Å². The van der Waals surface area contributed by atoms with Crippen LogP contribution in [0.3, 0.4) is 0 Å². The Morgan fingerprint density at radius 2 is 1.96 bits per heavy atom. The Hall–Kier alpha value is -2.33. The number of hydrogen-bond donors (Lipinski definition) is 1. The second-order valence-electron chi connectivity index (χ2n) is 6.17. The van der Waals surface area contributed by atoms with Crippen molar-refractivity contribution < 1.29 is 14.7 Å². The van der Waals surface area contributed by atoms with E-state index in [9.17, 15) is 9.59 Å². The fourth-order valence-corrected chi connectivity index (χ4v) is 3.12. The van der Waals surface area contributed by atoms with Gasteiger partial charge in [0.15, 0.2) is 0 Å². The first kappa shape index (κ1) is 15.6. The molecule has 1 aliphatic heterocycles. The Balaban J connectivity index is 2.11. The lowest BCUT2D eigenvalue weighted by Gasteiger charge is -2.21. The molecular weight excluding hydrogens is 314 g/mol. The number of carbonyl (C=O) groups excluding carboxylic acids is 1. The summed E-state index contributed by atoms with van der Waals surface area (Å²) in [6.45, 7) is 3.73. The molecule has 1 heterocycles. The molecule has 1 amide bonds. The quantitative estimate of drug-likeness (QED) is 0.928. The fourth-order valence-electron chi connectivity index (χ4n) is 2.94. The number of benzene rings is 2. The summed E-state index contributed by atoms with van der Waals surface area (Å²) in [5.41, 5.74) is 2.31. The van der Waals surface area contributed by atoms with Gasteiger partial charge in [-0.2, -0.15) is 0 Å². The van der Waals surface area contributed by atoms with E-state index in [0.717, 1.165) is 11.3 Å². The van der Waals surface area contributed by atoms with Crippen LogP contribution in [0.5, 0.6) is 0 Å². The van der Waals surface area contributed by atoms with Crippen LogP contribution in [-0.2, 0) is 21.4 Å². The van der Waals surface area contributed by atoms with Crippen LogP contribution in [0.2, 0.25) is 5.02 Å². The Morgan fingerprint density at radius 3 is 2.65 bits per heavy atom. The van der Waals surface area contributed by atoms with Crippen LogP contribution < -0.4 is 4.90 Å². The molecule has 0 aromatic heterocycles. The molecule has 0 saturated carbocycles. The van der Waals surface area contributed by atoms with Crippen LogP contribution in [-0.4, -0.2) is 17.0 Å². The van der Waals surface area contributed by atoms with Crippen molar-refractivity contribution in [1.82, 2.24) is 0 Å². The van der Waals surface area contributed by atoms with Crippen LogP contribution in [0.1, 0.15) is 25.0 Å². The van der Waals surface area contributed by atoms with Crippen LogP contribution in [0.15, 0.2) is 42.5 Å². The molecule has 2 aromatic rings. The Bertz CT molecular complexity index is 814. The minimum absolute atomic E-state index is 0.0535. The molecule has 5 heteroatoms. The minimum atomic E-state index is -0.901. The third-order valence-electron chi connectivity index (χ3n) is 4.13. The maximum Gasteiger partial charge on any atom is 0.307 e. The summed E-state index contributed by atoms with van der Waals surface area (Å²) in [7, 11) is 0. The van der Waals surface area contributed by atoms with E-state index >= 15 is 0 Å². The highest BCUT2D eigenvalue weighted by molar-refractivity contribution is 6.31. The predicted molar refractivity (Wildman–Crippen MR) is 89.4 cm³/mol. The van der Waals surface area contributed by atoms with Gasteiger partial charge >= 0.3 is 5.97 Å². The van der Waals surface area contributed by atoms with Crippen molar-refractivity contribution in [3.05, 3.63) is 58.6 Å². The highest BCUT2D eigenvalue weighted by Gasteiger charge is 2.44. The summed E-state index contributed by atoms with van der Waals surface area (Å²) in [5, 5.41) is 9.54. The van der Waals surface area contributed by atoms with E-state index < -0.39 is 11.4 Å². The maximum atomic E-state index is 12.9. The smallest absolute Gasteiger partial charge is 0.307 e. The Morgan fingerprint density at radius 1 is 1.22 bits per heavy atom. The van der Waals surface area contributed by atoms with Crippen molar-refractivity contribution >= 4 is 34.9 Å². The number of fused-ring (bicyclic) bond motifs is 1. The zero-order valence-corrected chi connectivity index (χ0v) is 13.6. The van der Waals surface area contributed by atoms with E-state index in [1.54, 1.807) is 29.2 Å². The van der Waals surface area contributed by atoms with E-state index in [4.69, 9.17) is 16.7 Å². The summed E-state index contributed by atoms with van der Waals surface area (Å²) in [6.07, 6.45) is -0.0766. The maximum absolute atomic E-state index is 12.9. The van der Waals surface area contributed by atoms with Crippen molar-refractivity contribution in [3.8, 4) is 0 Å². The summed E-state index contributed by atoms with van der Waals surface area (Å²) >= 11 is 6.08. The lowest BCUT2D eigenvalue weighted by Crippen LogP contribution is -2.33. The first-order valence-corrected chi connectivity index (χ1v) is 7.64. The number of carboxylic acid groups (broad SMARTS) is 1. The van der Waals surface area contributed by atoms with Crippen LogP contribution in [0.25, 0.3) is 0 Å². The SMILES string of the molecule is CC1(C)C(=O)N(c2cccc(CC(=O)O)c2)c2ccc(Cl)cc21. The first-order valence-electron chi connectivity index (χ1n) is 7.26. The van der Waals surface area contributed by atoms with Crippen LogP contribution in [0, 0.1) is 0 Å². The molecule has 118 valence electrons. The predicted octanol–water partition coefficient (Wildman–Crippen LogP) is 3.92. The Labute approximate surface area is 139 Å². The molecule has 1 aliphatic rings. The molecule has 0 bridgehead atoms. The third kappa shape index (κ3) is 2.59. The summed E-state index contributed by atoms with van der Waals surface area (Å²) < 4.78 is 0. The van der Waals surface area contributed by atoms with Crippen LogP contribution >= 0.6 is 11.6 Å². The number of amides is 1. The molecule has 2 aromatic carbocycles. The number of rotatable bonds is 3. The summed E-state index contributed by atoms with van der Waals surface area (Å²) in [6, 6.07) is 12.5. The number of hydrogen-bond acceptors (Lipinski definition) is 2. The highest BCUT2D eigenvalue weighted by atomic mass is 35.5. The lowest BCUT2D eigenvalue weighted by molar-refractivity contribution is -0.136. The average molecular weight is 330 g/mol. The average Bonchev–Trinajstić information content (AvgIpc) is 2.67. The van der Waals surface area contributed by atoms with Gasteiger partial charge in [-0.3, -0.25) is 14.5 Å². The molecule has 23 heavy (non-hydrogen) atoms. The lowest BCUT2D eigenvalue weighted by atomic mass is 9.86. The van der Waals surface area contributed by atoms with Gasteiger partial charge in [-0.1, -0.05) is 23.7 Å². The van der Waals surface area contributed by atoms with Gasteiger partial charge in [-0.15, -0.1) is 0 Å². The van der Waals surface area contributed by atoms with Gasteiger partial charge in [-0.25, -0.2) is 0 Å². The van der Waals surface area contributed by atoms with Crippen molar-refractivity contribution in [2.45, 2.75) is 25.7 Å². The first-order chi connectivity index (χ1) is 10.8. The zero-order valence-electron chi connectivity index (χ0n) is 12.8. The van der Waals surface area contributed by atoms with E-state index in [-0.39, 0.29) is 12.3 Å². The number of halogens is 1. The molecule has 0 unspecified atom stereocenters. The fraction of sp³-hybridized carbons (Fsp3) is 0.222. The van der Waals surface area contributed by atoms with E-state index in [2.05, 4.69) is 0 Å². The van der Waals surface area contributed by atoms with Gasteiger partial charge in [0.05, 0.1) is 17.5 Å². The summed E-state index contributed by atoms with van der Waals surface area (Å²) in [5.74, 6) is -0.954. The standard InChI is InChI=1S/C18H16ClNO3/c1-18(2)14-10-12(19)6-7-15(14)20(17(18)23)13-5-3-4-11(8-13)9-16(21)22/h3-8,10H,9H2,1-2H3,(H,21,22). The van der Waals surface area contributed by atoms with Gasteiger partial charge in [0.1, 0.15) is 0 Å². The summed E-state index contributed by atoms with van der Waals surface area (Å²) in [4.78, 5) is 25.4. The van der Waals surface area contributed by atoms with E-state index in [1.165, 1.54) is 0 Å². The zero-order chi connectivity index (χ0) is 16.8. The number of nitrogens with zero attached hydrogens (tertiary/aromatic N) is 1. The van der Waals surface area contributed by atoms with Crippen molar-refractivity contribution in [1.29, 1.82) is 0 Å². The van der Waals surface area contributed by atoms with Gasteiger partial charge in [-0.05, 0) is 55.3 Å². The van der Waals surface area contributed by atoms with E-state index in [1.807, 2.05) is 32.0 Å². The molecule has 1 N–H and O–H groups in total. The molecular formula is C18H16ClNO3. The van der Waals surface area contributed by atoms with Gasteiger partial charge in [0.2, 0.25) is 5.91 Å². The monoisotopic (exact) mass is 329 g/mol. The second kappa shape index (κ2) is 5.39. The number of carboxylic acids is 1. The Kier molecular flexibility index (Phi) is 3.65. The molecule has 0 spiro atoms. The van der Waals surface area contributed by atoms with Gasteiger partial charge in [0, 0.05) is 10.7 Å². The number of carbonyl (C=O) groups is 2. The van der Waals surface area contributed by atoms with Crippen molar-refractivity contribution in [3.63, 3.8) is 0 Å². The molecule has 0 radical (unpaired) electrons.